The number of nitriles is 1. The van der Waals surface area contributed by atoms with Gasteiger partial charge in [0.1, 0.15) is 6.04 Å². The molecule has 1 unspecified atom stereocenters. The summed E-state index contributed by atoms with van der Waals surface area (Å²) in [6.45, 7) is 1.85. The number of carboxylic acids is 1. The van der Waals surface area contributed by atoms with Crippen LogP contribution < -0.4 is 5.32 Å². The molecule has 0 aliphatic carbocycles. The maximum absolute atomic E-state index is 12.6. The van der Waals surface area contributed by atoms with Crippen molar-refractivity contribution in [2.45, 2.75) is 32.2 Å². The van der Waals surface area contributed by atoms with Crippen LogP contribution in [-0.2, 0) is 20.8 Å². The van der Waals surface area contributed by atoms with Gasteiger partial charge < -0.3 is 15.4 Å². The lowest BCUT2D eigenvalue weighted by atomic mass is 10.0. The summed E-state index contributed by atoms with van der Waals surface area (Å²) < 4.78 is 0. The summed E-state index contributed by atoms with van der Waals surface area (Å²) in [5.74, 6) is -2.16. The van der Waals surface area contributed by atoms with E-state index in [4.69, 9.17) is 10.4 Å². The van der Waals surface area contributed by atoms with Crippen LogP contribution in [0, 0.1) is 11.5 Å². The summed E-state index contributed by atoms with van der Waals surface area (Å²) in [6, 6.07) is 6.60. The van der Waals surface area contributed by atoms with Crippen LogP contribution in [-0.4, -0.2) is 45.4 Å². The number of likely N-dealkylation sites (N-methyl/N-ethyl adjacent to an activating group) is 1. The molecule has 0 bridgehead atoms. The number of rotatable bonds is 8. The van der Waals surface area contributed by atoms with Crippen molar-refractivity contribution < 1.29 is 19.5 Å². The molecule has 0 fully saturated rings. The van der Waals surface area contributed by atoms with Gasteiger partial charge in [0.15, 0.2) is 6.19 Å². The van der Waals surface area contributed by atoms with E-state index in [1.165, 1.54) is 0 Å². The highest BCUT2D eigenvalue weighted by Gasteiger charge is 2.26. The fraction of sp³-hybridized carbons (Fsp3) is 0.333. The first-order valence-electron chi connectivity index (χ1n) is 8.23. The molecular formula is C18H20N4O4. The number of H-pyrrole nitrogens is 1. The summed E-state index contributed by atoms with van der Waals surface area (Å²) >= 11 is 0. The zero-order chi connectivity index (χ0) is 19.1. The topological polar surface area (TPSA) is 126 Å². The molecular weight excluding hydrogens is 336 g/mol. The Bertz CT molecular complexity index is 852. The Hall–Kier alpha value is -3.34. The number of aromatic nitrogens is 1. The lowest BCUT2D eigenvalue weighted by Crippen LogP contribution is -2.48. The fourth-order valence-corrected chi connectivity index (χ4v) is 2.67. The Kier molecular flexibility index (Phi) is 6.33. The molecule has 1 aromatic carbocycles. The van der Waals surface area contributed by atoms with Crippen molar-refractivity contribution in [3.8, 4) is 6.19 Å². The average molecular weight is 356 g/mol. The van der Waals surface area contributed by atoms with Crippen LogP contribution in [0.4, 0.5) is 0 Å². The molecule has 0 radical (unpaired) electrons. The minimum atomic E-state index is -1.09. The fourth-order valence-electron chi connectivity index (χ4n) is 2.67. The lowest BCUT2D eigenvalue weighted by molar-refractivity contribution is -0.139. The second-order valence-corrected chi connectivity index (χ2v) is 5.76. The van der Waals surface area contributed by atoms with Gasteiger partial charge >= 0.3 is 5.97 Å². The number of nitrogens with zero attached hydrogens (tertiary/aromatic N) is 2. The summed E-state index contributed by atoms with van der Waals surface area (Å²) in [7, 11) is 0. The van der Waals surface area contributed by atoms with E-state index in [0.29, 0.717) is 0 Å². The molecule has 8 nitrogen and oxygen atoms in total. The number of para-hydroxylation sites is 1. The van der Waals surface area contributed by atoms with Crippen molar-refractivity contribution in [3.05, 3.63) is 36.0 Å². The predicted molar refractivity (Wildman–Crippen MR) is 93.8 cm³/mol. The van der Waals surface area contributed by atoms with Crippen LogP contribution in [0.15, 0.2) is 30.5 Å². The largest absolute Gasteiger partial charge is 0.481 e. The van der Waals surface area contributed by atoms with Gasteiger partial charge in [-0.3, -0.25) is 14.4 Å². The first-order chi connectivity index (χ1) is 12.5. The van der Waals surface area contributed by atoms with E-state index in [2.05, 4.69) is 10.3 Å². The third kappa shape index (κ3) is 4.60. The van der Waals surface area contributed by atoms with Crippen LogP contribution in [0.5, 0.6) is 0 Å². The molecule has 2 amide bonds. The Labute approximate surface area is 150 Å². The molecule has 2 aromatic rings. The van der Waals surface area contributed by atoms with Crippen molar-refractivity contribution in [1.29, 1.82) is 5.26 Å². The van der Waals surface area contributed by atoms with Crippen molar-refractivity contribution in [3.63, 3.8) is 0 Å². The van der Waals surface area contributed by atoms with Crippen LogP contribution in [0.25, 0.3) is 10.9 Å². The number of aromatic amines is 1. The Morgan fingerprint density at radius 2 is 2.04 bits per heavy atom. The predicted octanol–water partition coefficient (Wildman–Crippen LogP) is 1.39. The van der Waals surface area contributed by atoms with Gasteiger partial charge in [0.2, 0.25) is 5.91 Å². The number of fused-ring (bicyclic) bond motifs is 1. The number of benzene rings is 1. The monoisotopic (exact) mass is 356 g/mol. The quantitative estimate of drug-likeness (QED) is 0.487. The summed E-state index contributed by atoms with van der Waals surface area (Å²) in [4.78, 5) is 39.3. The highest BCUT2D eigenvalue weighted by atomic mass is 16.4. The smallest absolute Gasteiger partial charge is 0.303 e. The summed E-state index contributed by atoms with van der Waals surface area (Å²) in [6.07, 6.45) is 3.20. The third-order valence-electron chi connectivity index (χ3n) is 4.00. The summed E-state index contributed by atoms with van der Waals surface area (Å²) in [5, 5.41) is 21.3. The van der Waals surface area contributed by atoms with E-state index in [1.54, 1.807) is 19.3 Å². The van der Waals surface area contributed by atoms with Gasteiger partial charge in [-0.1, -0.05) is 18.2 Å². The van der Waals surface area contributed by atoms with Gasteiger partial charge in [0.25, 0.3) is 5.91 Å². The van der Waals surface area contributed by atoms with E-state index < -0.39 is 23.8 Å². The van der Waals surface area contributed by atoms with Gasteiger partial charge in [0, 0.05) is 36.5 Å². The molecule has 0 saturated carbocycles. The van der Waals surface area contributed by atoms with Gasteiger partial charge in [-0.2, -0.15) is 5.26 Å². The average Bonchev–Trinajstić information content (AvgIpc) is 3.03. The maximum atomic E-state index is 12.6. The molecule has 1 heterocycles. The number of hydrogen-bond acceptors (Lipinski definition) is 4. The van der Waals surface area contributed by atoms with Crippen LogP contribution >= 0.6 is 0 Å². The zero-order valence-corrected chi connectivity index (χ0v) is 14.4. The van der Waals surface area contributed by atoms with E-state index in [0.717, 1.165) is 21.4 Å². The number of carbonyl (C=O) groups excluding carboxylic acids is 2. The Balaban J connectivity index is 2.22. The van der Waals surface area contributed by atoms with E-state index in [-0.39, 0.29) is 25.8 Å². The summed E-state index contributed by atoms with van der Waals surface area (Å²) in [5.41, 5.74) is 1.73. The maximum Gasteiger partial charge on any atom is 0.303 e. The molecule has 1 atom stereocenters. The van der Waals surface area contributed by atoms with Gasteiger partial charge in [-0.05, 0) is 18.6 Å². The van der Waals surface area contributed by atoms with Crippen molar-refractivity contribution in [2.75, 3.05) is 6.54 Å². The first-order valence-corrected chi connectivity index (χ1v) is 8.23. The number of aliphatic carboxylic acids is 1. The van der Waals surface area contributed by atoms with Crippen LogP contribution in [0.2, 0.25) is 0 Å². The number of carbonyl (C=O) groups is 3. The molecule has 136 valence electrons. The molecule has 0 saturated heterocycles. The standard InChI is InChI=1S/C18H20N4O4/c1-2-22(11-19)18(26)15(21-16(23)7-8-17(24)25)9-12-10-20-14-6-4-3-5-13(12)14/h3-6,10,15,20H,2,7-9H2,1H3,(H,21,23)(H,24,25). The normalized spacial score (nSPS) is 11.5. The molecule has 26 heavy (non-hydrogen) atoms. The van der Waals surface area contributed by atoms with Gasteiger partial charge in [0.05, 0.1) is 6.42 Å². The van der Waals surface area contributed by atoms with Crippen molar-refractivity contribution in [1.82, 2.24) is 15.2 Å². The first kappa shape index (κ1) is 19.0. The Morgan fingerprint density at radius 1 is 1.31 bits per heavy atom. The molecule has 3 N–H and O–H groups in total. The molecule has 0 spiro atoms. The minimum Gasteiger partial charge on any atom is -0.481 e. The zero-order valence-electron chi connectivity index (χ0n) is 14.4. The second kappa shape index (κ2) is 8.67. The second-order valence-electron chi connectivity index (χ2n) is 5.76. The van der Waals surface area contributed by atoms with E-state index in [9.17, 15) is 14.4 Å². The highest BCUT2D eigenvalue weighted by molar-refractivity contribution is 5.91. The third-order valence-corrected chi connectivity index (χ3v) is 4.00. The molecule has 2 rings (SSSR count). The Morgan fingerprint density at radius 3 is 2.69 bits per heavy atom. The SMILES string of the molecule is CCN(C#N)C(=O)C(Cc1c[nH]c2ccccc12)NC(=O)CCC(=O)O. The number of amides is 2. The lowest BCUT2D eigenvalue weighted by Gasteiger charge is -2.21. The molecule has 0 aliphatic heterocycles. The number of nitrogens with one attached hydrogen (secondary N) is 2. The van der Waals surface area contributed by atoms with Crippen LogP contribution in [0.1, 0.15) is 25.3 Å². The van der Waals surface area contributed by atoms with Crippen molar-refractivity contribution >= 4 is 28.7 Å². The van der Waals surface area contributed by atoms with Crippen molar-refractivity contribution in [2.24, 2.45) is 0 Å². The van der Waals surface area contributed by atoms with Gasteiger partial charge in [-0.15, -0.1) is 0 Å². The van der Waals surface area contributed by atoms with Crippen LogP contribution in [0.3, 0.4) is 0 Å². The van der Waals surface area contributed by atoms with E-state index >= 15 is 0 Å². The van der Waals surface area contributed by atoms with Gasteiger partial charge in [-0.25, -0.2) is 4.90 Å². The molecule has 8 heteroatoms. The number of hydrogen-bond donors (Lipinski definition) is 3. The highest BCUT2D eigenvalue weighted by Crippen LogP contribution is 2.19. The number of carboxylic acid groups (broad SMARTS) is 1. The van der Waals surface area contributed by atoms with E-state index in [1.807, 2.05) is 24.3 Å². The minimum absolute atomic E-state index is 0.185. The molecule has 1 aromatic heterocycles. The molecule has 0 aliphatic rings.